The Hall–Kier alpha value is -1.30. The molecule has 2 saturated carbocycles. The average molecular weight is 269 g/mol. The second-order valence-corrected chi connectivity index (χ2v) is 5.74. The largest absolute Gasteiger partial charge is 0.480 e. The summed E-state index contributed by atoms with van der Waals surface area (Å²) in [4.78, 5) is 22.9. The summed E-state index contributed by atoms with van der Waals surface area (Å²) in [5.41, 5.74) is -1.13. The van der Waals surface area contributed by atoms with E-state index in [9.17, 15) is 14.7 Å². The van der Waals surface area contributed by atoms with Gasteiger partial charge in [-0.25, -0.2) is 9.59 Å². The lowest BCUT2D eigenvalue weighted by molar-refractivity contribution is -0.144. The number of carbonyl (C=O) groups is 2. The van der Waals surface area contributed by atoms with E-state index in [0.29, 0.717) is 12.6 Å². The summed E-state index contributed by atoms with van der Waals surface area (Å²) in [5.74, 6) is -0.896. The molecule has 0 spiro atoms. The monoisotopic (exact) mass is 269 g/mol. The van der Waals surface area contributed by atoms with Crippen molar-refractivity contribution in [3.8, 4) is 0 Å². The zero-order chi connectivity index (χ0) is 13.9. The third kappa shape index (κ3) is 4.09. The molecular weight excluding hydrogens is 246 g/mol. The van der Waals surface area contributed by atoms with Crippen LogP contribution in [0.15, 0.2) is 0 Å². The van der Waals surface area contributed by atoms with Gasteiger partial charge in [0.2, 0.25) is 0 Å². The molecule has 1 unspecified atom stereocenters. The van der Waals surface area contributed by atoms with Crippen LogP contribution in [0, 0.1) is 5.92 Å². The fourth-order valence-corrected chi connectivity index (χ4v) is 2.15. The summed E-state index contributed by atoms with van der Waals surface area (Å²) >= 11 is 0. The molecule has 6 nitrogen and oxygen atoms in total. The van der Waals surface area contributed by atoms with Crippen molar-refractivity contribution < 1.29 is 14.7 Å². The standard InChI is InChI=1S/C13H23N3O3/c1-13(11(17)18,9-3-4-9)16-12(19)15-8-2-7-14-10-5-6-10/h9-10,14H,2-8H2,1H3,(H,17,18)(H2,15,16,19). The first-order valence-electron chi connectivity index (χ1n) is 7.05. The summed E-state index contributed by atoms with van der Waals surface area (Å²) < 4.78 is 0. The zero-order valence-corrected chi connectivity index (χ0v) is 11.4. The third-order valence-corrected chi connectivity index (χ3v) is 3.86. The summed E-state index contributed by atoms with van der Waals surface area (Å²) in [6.45, 7) is 3.04. The number of rotatable bonds is 8. The Bertz CT molecular complexity index is 353. The van der Waals surface area contributed by atoms with Gasteiger partial charge >= 0.3 is 12.0 Å². The predicted octanol–water partition coefficient (Wildman–Crippen LogP) is 0.681. The molecule has 4 N–H and O–H groups in total. The highest BCUT2D eigenvalue weighted by molar-refractivity contribution is 5.86. The number of carboxylic acid groups (broad SMARTS) is 1. The van der Waals surface area contributed by atoms with Gasteiger partial charge in [0.25, 0.3) is 0 Å². The maximum absolute atomic E-state index is 11.7. The minimum Gasteiger partial charge on any atom is -0.480 e. The highest BCUT2D eigenvalue weighted by Crippen LogP contribution is 2.39. The minimum atomic E-state index is -1.13. The van der Waals surface area contributed by atoms with Crippen LogP contribution in [0.25, 0.3) is 0 Å². The molecule has 1 atom stereocenters. The lowest BCUT2D eigenvalue weighted by Gasteiger charge is -2.26. The van der Waals surface area contributed by atoms with E-state index in [4.69, 9.17) is 0 Å². The van der Waals surface area contributed by atoms with Crippen molar-refractivity contribution in [2.24, 2.45) is 5.92 Å². The fraction of sp³-hybridized carbons (Fsp3) is 0.846. The number of hydrogen-bond acceptors (Lipinski definition) is 3. The van der Waals surface area contributed by atoms with Crippen molar-refractivity contribution in [2.75, 3.05) is 13.1 Å². The summed E-state index contributed by atoms with van der Waals surface area (Å²) in [6.07, 6.45) is 5.11. The SMILES string of the molecule is CC(NC(=O)NCCCNC1CC1)(C(=O)O)C1CC1. The molecule has 0 saturated heterocycles. The van der Waals surface area contributed by atoms with E-state index in [1.807, 2.05) is 0 Å². The Labute approximate surface area is 113 Å². The molecule has 108 valence electrons. The second kappa shape index (κ2) is 5.77. The Balaban J connectivity index is 1.63. The van der Waals surface area contributed by atoms with Crippen LogP contribution >= 0.6 is 0 Å². The Morgan fingerprint density at radius 3 is 2.42 bits per heavy atom. The highest BCUT2D eigenvalue weighted by Gasteiger charge is 2.48. The van der Waals surface area contributed by atoms with Gasteiger partial charge < -0.3 is 21.1 Å². The van der Waals surface area contributed by atoms with Crippen LogP contribution in [-0.2, 0) is 4.79 Å². The average Bonchev–Trinajstić information content (AvgIpc) is 3.20. The van der Waals surface area contributed by atoms with Gasteiger partial charge in [-0.1, -0.05) is 0 Å². The quantitative estimate of drug-likeness (QED) is 0.488. The van der Waals surface area contributed by atoms with E-state index < -0.39 is 11.5 Å². The summed E-state index contributed by atoms with van der Waals surface area (Å²) in [5, 5.41) is 17.9. The van der Waals surface area contributed by atoms with E-state index in [-0.39, 0.29) is 11.9 Å². The third-order valence-electron chi connectivity index (χ3n) is 3.86. The molecule has 2 fully saturated rings. The van der Waals surface area contributed by atoms with Crippen molar-refractivity contribution in [1.29, 1.82) is 0 Å². The lowest BCUT2D eigenvalue weighted by Crippen LogP contribution is -2.56. The predicted molar refractivity (Wildman–Crippen MR) is 70.9 cm³/mol. The number of urea groups is 1. The molecule has 0 bridgehead atoms. The number of carboxylic acids is 1. The van der Waals surface area contributed by atoms with E-state index in [1.54, 1.807) is 6.92 Å². The van der Waals surface area contributed by atoms with Crippen molar-refractivity contribution in [1.82, 2.24) is 16.0 Å². The molecule has 6 heteroatoms. The second-order valence-electron chi connectivity index (χ2n) is 5.74. The Morgan fingerprint density at radius 1 is 1.21 bits per heavy atom. The fourth-order valence-electron chi connectivity index (χ4n) is 2.15. The summed E-state index contributed by atoms with van der Waals surface area (Å²) in [7, 11) is 0. The van der Waals surface area contributed by atoms with Gasteiger partial charge in [-0.15, -0.1) is 0 Å². The van der Waals surface area contributed by atoms with Crippen LogP contribution in [0.5, 0.6) is 0 Å². The van der Waals surface area contributed by atoms with Gasteiger partial charge in [-0.05, 0) is 51.5 Å². The first-order chi connectivity index (χ1) is 9.02. The van der Waals surface area contributed by atoms with Crippen LogP contribution in [0.2, 0.25) is 0 Å². The number of hydrogen-bond donors (Lipinski definition) is 4. The number of carbonyl (C=O) groups excluding carboxylic acids is 1. The molecule has 2 aliphatic carbocycles. The van der Waals surface area contributed by atoms with E-state index in [0.717, 1.165) is 25.8 Å². The molecule has 0 aliphatic heterocycles. The zero-order valence-electron chi connectivity index (χ0n) is 11.4. The molecule has 0 radical (unpaired) electrons. The minimum absolute atomic E-state index is 0.0623. The van der Waals surface area contributed by atoms with Gasteiger partial charge in [-0.2, -0.15) is 0 Å². The topological polar surface area (TPSA) is 90.5 Å². The lowest BCUT2D eigenvalue weighted by atomic mass is 9.96. The first kappa shape index (κ1) is 14.1. The molecule has 0 aromatic carbocycles. The van der Waals surface area contributed by atoms with E-state index in [2.05, 4.69) is 16.0 Å². The Kier molecular flexibility index (Phi) is 4.29. The maximum atomic E-state index is 11.7. The van der Waals surface area contributed by atoms with E-state index >= 15 is 0 Å². The number of amides is 2. The van der Waals surface area contributed by atoms with Crippen LogP contribution in [0.1, 0.15) is 39.0 Å². The molecule has 0 heterocycles. The molecule has 0 aromatic heterocycles. The van der Waals surface area contributed by atoms with Crippen LogP contribution in [-0.4, -0.2) is 41.8 Å². The number of aliphatic carboxylic acids is 1. The molecule has 2 aliphatic rings. The van der Waals surface area contributed by atoms with Gasteiger partial charge in [0.1, 0.15) is 5.54 Å². The maximum Gasteiger partial charge on any atom is 0.329 e. The van der Waals surface area contributed by atoms with Crippen LogP contribution in [0.3, 0.4) is 0 Å². The molecule has 0 aromatic rings. The van der Waals surface area contributed by atoms with Crippen LogP contribution in [0.4, 0.5) is 4.79 Å². The van der Waals surface area contributed by atoms with Crippen molar-refractivity contribution in [3.05, 3.63) is 0 Å². The highest BCUT2D eigenvalue weighted by atomic mass is 16.4. The smallest absolute Gasteiger partial charge is 0.329 e. The van der Waals surface area contributed by atoms with Gasteiger partial charge in [0, 0.05) is 12.6 Å². The first-order valence-corrected chi connectivity index (χ1v) is 7.05. The van der Waals surface area contributed by atoms with E-state index in [1.165, 1.54) is 12.8 Å². The van der Waals surface area contributed by atoms with Gasteiger partial charge in [-0.3, -0.25) is 0 Å². The van der Waals surface area contributed by atoms with Crippen molar-refractivity contribution >= 4 is 12.0 Å². The van der Waals surface area contributed by atoms with Crippen molar-refractivity contribution in [2.45, 2.75) is 50.6 Å². The van der Waals surface area contributed by atoms with Crippen LogP contribution < -0.4 is 16.0 Å². The van der Waals surface area contributed by atoms with Crippen molar-refractivity contribution in [3.63, 3.8) is 0 Å². The summed E-state index contributed by atoms with van der Waals surface area (Å²) in [6, 6.07) is 0.294. The van der Waals surface area contributed by atoms with Gasteiger partial charge in [0.15, 0.2) is 0 Å². The Morgan fingerprint density at radius 2 is 1.89 bits per heavy atom. The molecule has 2 rings (SSSR count). The van der Waals surface area contributed by atoms with Gasteiger partial charge in [0.05, 0.1) is 0 Å². The molecule has 19 heavy (non-hydrogen) atoms. The number of nitrogens with one attached hydrogen (secondary N) is 3. The normalized spacial score (nSPS) is 21.5. The molecular formula is C13H23N3O3. The molecule has 2 amide bonds.